The maximum atomic E-state index is 12.0. The molecule has 0 atom stereocenters. The van der Waals surface area contributed by atoms with E-state index in [0.29, 0.717) is 13.2 Å². The Morgan fingerprint density at radius 3 is 2.43 bits per heavy atom. The van der Waals surface area contributed by atoms with Crippen molar-refractivity contribution in [3.63, 3.8) is 0 Å². The Morgan fingerprint density at radius 2 is 1.77 bits per heavy atom. The molecule has 0 saturated carbocycles. The van der Waals surface area contributed by atoms with Gasteiger partial charge >= 0.3 is 5.97 Å². The van der Waals surface area contributed by atoms with E-state index >= 15 is 0 Å². The Labute approximate surface area is 183 Å². The minimum absolute atomic E-state index is 0.225. The molecule has 3 rings (SSSR count). The molecular weight excluding hydrogens is 394 g/mol. The topological polar surface area (TPSA) is 38.8 Å². The molecule has 158 valence electrons. The van der Waals surface area contributed by atoms with Gasteiger partial charge in [-0.2, -0.15) is 0 Å². The second kappa shape index (κ2) is 9.92. The number of benzene rings is 2. The normalized spacial score (nSPS) is 11.5. The molecule has 0 radical (unpaired) electrons. The molecule has 0 aliphatic heterocycles. The minimum atomic E-state index is -0.468. The molecule has 5 heteroatoms. The summed E-state index contributed by atoms with van der Waals surface area (Å²) in [7, 11) is 1.89. The van der Waals surface area contributed by atoms with Crippen LogP contribution in [0, 0.1) is 0 Å². The van der Waals surface area contributed by atoms with Crippen LogP contribution in [0.15, 0.2) is 66.0 Å². The number of carbonyl (C=O) groups excluding carboxylic acids is 1. The number of esters is 1. The van der Waals surface area contributed by atoms with Gasteiger partial charge in [0.1, 0.15) is 18.0 Å². The van der Waals surface area contributed by atoms with Crippen molar-refractivity contribution in [2.24, 2.45) is 0 Å². The lowest BCUT2D eigenvalue weighted by molar-refractivity contribution is -0.155. The Balaban J connectivity index is 1.66. The lowest BCUT2D eigenvalue weighted by Crippen LogP contribution is -2.34. The van der Waals surface area contributed by atoms with Gasteiger partial charge in [-0.3, -0.25) is 9.69 Å². The third-order valence-corrected chi connectivity index (χ3v) is 5.33. The average Bonchev–Trinajstić information content (AvgIpc) is 3.22. The first-order valence-corrected chi connectivity index (χ1v) is 11.0. The van der Waals surface area contributed by atoms with Crippen LogP contribution in [0.5, 0.6) is 5.75 Å². The largest absolute Gasteiger partial charge is 0.492 e. The molecule has 1 aromatic heterocycles. The van der Waals surface area contributed by atoms with Crippen molar-refractivity contribution in [3.05, 3.63) is 66.0 Å². The zero-order valence-corrected chi connectivity index (χ0v) is 18.9. The van der Waals surface area contributed by atoms with Gasteiger partial charge in [0, 0.05) is 17.0 Å². The number of carbonyl (C=O) groups is 1. The summed E-state index contributed by atoms with van der Waals surface area (Å²) >= 11 is 1.70. The van der Waals surface area contributed by atoms with Gasteiger partial charge in [0.2, 0.25) is 0 Å². The summed E-state index contributed by atoms with van der Waals surface area (Å²) < 4.78 is 11.5. The first-order valence-electron chi connectivity index (χ1n) is 10.1. The van der Waals surface area contributed by atoms with Crippen molar-refractivity contribution >= 4 is 17.3 Å². The highest BCUT2D eigenvalue weighted by Crippen LogP contribution is 2.36. The van der Waals surface area contributed by atoms with Gasteiger partial charge in [0.15, 0.2) is 0 Å². The molecule has 0 saturated heterocycles. The predicted molar refractivity (Wildman–Crippen MR) is 124 cm³/mol. The fourth-order valence-corrected chi connectivity index (χ4v) is 3.82. The molecule has 0 spiro atoms. The fourth-order valence-electron chi connectivity index (χ4n) is 3.08. The van der Waals surface area contributed by atoms with Crippen LogP contribution in [-0.2, 0) is 9.53 Å². The fraction of sp³-hybridized carbons (Fsp3) is 0.320. The van der Waals surface area contributed by atoms with Crippen molar-refractivity contribution < 1.29 is 14.3 Å². The highest BCUT2D eigenvalue weighted by molar-refractivity contribution is 7.13. The maximum Gasteiger partial charge on any atom is 0.320 e. The summed E-state index contributed by atoms with van der Waals surface area (Å²) in [5.41, 5.74) is 2.96. The van der Waals surface area contributed by atoms with Crippen molar-refractivity contribution in [1.82, 2.24) is 4.90 Å². The van der Waals surface area contributed by atoms with Crippen LogP contribution in [0.2, 0.25) is 0 Å². The number of hydrogen-bond acceptors (Lipinski definition) is 5. The van der Waals surface area contributed by atoms with Crippen LogP contribution >= 0.6 is 11.3 Å². The second-order valence-corrected chi connectivity index (χ2v) is 9.17. The van der Waals surface area contributed by atoms with Gasteiger partial charge in [-0.15, -0.1) is 11.3 Å². The summed E-state index contributed by atoms with van der Waals surface area (Å²) in [5.74, 6) is 0.624. The molecule has 3 aromatic rings. The van der Waals surface area contributed by atoms with Crippen LogP contribution in [0.1, 0.15) is 20.8 Å². The van der Waals surface area contributed by atoms with Gasteiger partial charge < -0.3 is 9.47 Å². The Morgan fingerprint density at radius 1 is 1.00 bits per heavy atom. The minimum Gasteiger partial charge on any atom is -0.492 e. The quantitative estimate of drug-likeness (QED) is 0.434. The van der Waals surface area contributed by atoms with E-state index in [1.54, 1.807) is 11.3 Å². The van der Waals surface area contributed by atoms with Gasteiger partial charge in [0.05, 0.1) is 6.54 Å². The van der Waals surface area contributed by atoms with Crippen LogP contribution in [0.4, 0.5) is 0 Å². The monoisotopic (exact) mass is 423 g/mol. The van der Waals surface area contributed by atoms with Gasteiger partial charge in [-0.05, 0) is 62.5 Å². The van der Waals surface area contributed by atoms with E-state index in [0.717, 1.165) is 16.9 Å². The lowest BCUT2D eigenvalue weighted by atomic mass is 10.0. The van der Waals surface area contributed by atoms with Crippen LogP contribution in [-0.4, -0.2) is 43.2 Å². The zero-order chi connectivity index (χ0) is 21.6. The number of rotatable bonds is 8. The number of ether oxygens (including phenoxy) is 2. The molecule has 0 N–H and O–H groups in total. The number of likely N-dealkylation sites (N-methyl/N-ethyl adjacent to an activating group) is 1. The molecule has 0 bridgehead atoms. The molecular formula is C25H29NO3S. The number of hydrogen-bond donors (Lipinski definition) is 0. The highest BCUT2D eigenvalue weighted by atomic mass is 32.1. The van der Waals surface area contributed by atoms with E-state index in [1.165, 1.54) is 10.4 Å². The first-order chi connectivity index (χ1) is 14.3. The summed E-state index contributed by atoms with van der Waals surface area (Å²) in [5, 5.41) is 2.07. The van der Waals surface area contributed by atoms with E-state index in [4.69, 9.17) is 9.47 Å². The van der Waals surface area contributed by atoms with Gasteiger partial charge in [-0.25, -0.2) is 0 Å². The van der Waals surface area contributed by atoms with E-state index < -0.39 is 5.60 Å². The molecule has 30 heavy (non-hydrogen) atoms. The van der Waals surface area contributed by atoms with Crippen LogP contribution in [0.3, 0.4) is 0 Å². The Hall–Kier alpha value is -2.63. The molecule has 4 nitrogen and oxygen atoms in total. The molecule has 0 fully saturated rings. The summed E-state index contributed by atoms with van der Waals surface area (Å²) in [4.78, 5) is 15.1. The van der Waals surface area contributed by atoms with E-state index in [9.17, 15) is 4.79 Å². The average molecular weight is 424 g/mol. The molecule has 0 aliphatic rings. The van der Waals surface area contributed by atoms with Crippen molar-refractivity contribution in [2.75, 3.05) is 26.7 Å². The number of nitrogens with zero attached hydrogens (tertiary/aromatic N) is 1. The summed E-state index contributed by atoms with van der Waals surface area (Å²) in [6.45, 7) is 6.98. The third-order valence-electron chi connectivity index (χ3n) is 4.42. The van der Waals surface area contributed by atoms with Gasteiger partial charge in [0.25, 0.3) is 0 Å². The predicted octanol–water partition coefficient (Wildman–Crippen LogP) is 5.73. The van der Waals surface area contributed by atoms with Crippen LogP contribution in [0.25, 0.3) is 21.6 Å². The lowest BCUT2D eigenvalue weighted by Gasteiger charge is -2.22. The number of thiophene rings is 1. The SMILES string of the molecule is CN(CCOc1ccc(-c2ccccc2)cc1-c1cccs1)CC(=O)OC(C)(C)C. The molecule has 0 aliphatic carbocycles. The second-order valence-electron chi connectivity index (χ2n) is 8.23. The van der Waals surface area contributed by atoms with Gasteiger partial charge in [-0.1, -0.05) is 42.5 Å². The first kappa shape index (κ1) is 22.1. The van der Waals surface area contributed by atoms with Crippen molar-refractivity contribution in [2.45, 2.75) is 26.4 Å². The zero-order valence-electron chi connectivity index (χ0n) is 18.1. The third kappa shape index (κ3) is 6.44. The molecule has 0 unspecified atom stereocenters. The summed E-state index contributed by atoms with van der Waals surface area (Å²) in [6.07, 6.45) is 0. The molecule has 2 aromatic carbocycles. The van der Waals surface area contributed by atoms with E-state index in [2.05, 4.69) is 35.7 Å². The van der Waals surface area contributed by atoms with Crippen molar-refractivity contribution in [3.8, 4) is 27.3 Å². The highest BCUT2D eigenvalue weighted by Gasteiger charge is 2.17. The van der Waals surface area contributed by atoms with E-state index in [-0.39, 0.29) is 12.5 Å². The maximum absolute atomic E-state index is 12.0. The Kier molecular flexibility index (Phi) is 7.29. The van der Waals surface area contributed by atoms with E-state index in [1.807, 2.05) is 63.1 Å². The Bertz CT molecular complexity index is 946. The molecule has 0 amide bonds. The summed E-state index contributed by atoms with van der Waals surface area (Å²) in [6, 6.07) is 20.8. The van der Waals surface area contributed by atoms with Crippen molar-refractivity contribution in [1.29, 1.82) is 0 Å². The smallest absolute Gasteiger partial charge is 0.320 e. The molecule has 1 heterocycles. The van der Waals surface area contributed by atoms with Crippen LogP contribution < -0.4 is 4.74 Å². The standard InChI is InChI=1S/C25H29NO3S/c1-25(2,3)29-24(27)18-26(4)14-15-28-22-13-12-20(19-9-6-5-7-10-19)17-21(22)23-11-8-16-30-23/h5-13,16-17H,14-15,18H2,1-4H3.